The Morgan fingerprint density at radius 2 is 1.76 bits per heavy atom. The molecule has 0 bridgehead atoms. The fourth-order valence-electron chi connectivity index (χ4n) is 5.38. The summed E-state index contributed by atoms with van der Waals surface area (Å²) < 4.78 is 0. The third-order valence-corrected chi connectivity index (χ3v) is 8.24. The van der Waals surface area contributed by atoms with Gasteiger partial charge in [0.05, 0.1) is 17.4 Å². The number of thiocarbonyl (C=S) groups is 1. The summed E-state index contributed by atoms with van der Waals surface area (Å²) in [6.45, 7) is 0. The number of hydrogen-bond acceptors (Lipinski definition) is 5. The Kier molecular flexibility index (Phi) is 6.43. The fraction of sp³-hybridized carbons (Fsp3) is 0.348. The lowest BCUT2D eigenvalue weighted by atomic mass is 9.83. The predicted octanol–water partition coefficient (Wildman–Crippen LogP) is -1.84. The lowest BCUT2D eigenvalue weighted by Crippen LogP contribution is -3.08. The quantitative estimate of drug-likeness (QED) is 0.286. The zero-order chi connectivity index (χ0) is 22.5. The van der Waals surface area contributed by atoms with Crippen LogP contribution in [0, 0.1) is 0 Å². The van der Waals surface area contributed by atoms with Gasteiger partial charge < -0.3 is 33.7 Å². The Hall–Kier alpha value is -2.37. The van der Waals surface area contributed by atoms with Crippen molar-refractivity contribution >= 4 is 52.4 Å². The van der Waals surface area contributed by atoms with Crippen molar-refractivity contribution in [1.29, 1.82) is 0 Å². The van der Waals surface area contributed by atoms with Crippen LogP contribution in [-0.4, -0.2) is 47.4 Å². The molecule has 34 heavy (non-hydrogen) atoms. The molecule has 1 saturated carbocycles. The summed E-state index contributed by atoms with van der Waals surface area (Å²) in [5, 5.41) is 15.3. The Labute approximate surface area is 213 Å². The Balaban J connectivity index is 0.00000241. The SMILES string of the molecule is O=C1NC(=S)NC2[NH2+]C3CC(NC(=O)N4c5ccccc5Sc5ccccc54)CCC3NC12.[Cl-]. The molecule has 178 valence electrons. The van der Waals surface area contributed by atoms with Crippen LogP contribution in [0.25, 0.3) is 0 Å². The number of benzene rings is 2. The summed E-state index contributed by atoms with van der Waals surface area (Å²) in [4.78, 5) is 29.8. The van der Waals surface area contributed by atoms with E-state index in [-0.39, 0.29) is 54.7 Å². The molecule has 6 rings (SSSR count). The fourth-order valence-corrected chi connectivity index (χ4v) is 6.67. The summed E-state index contributed by atoms with van der Waals surface area (Å²) >= 11 is 6.85. The summed E-state index contributed by atoms with van der Waals surface area (Å²) in [7, 11) is 0. The standard InChI is InChI=1S/C23H24N6O2S2.ClH/c30-21-19-20(27-22(32)28-21)26-14-11-12(9-10-13(14)25-19)24-23(31)29-15-5-1-3-7-17(15)33-18-8-4-2-6-16(18)29;/h1-8,12-14,19-20,25-26H,9-11H2,(H,24,31)(H2,27,28,30,32);1H. The van der Waals surface area contributed by atoms with E-state index in [4.69, 9.17) is 12.2 Å². The number of rotatable bonds is 1. The van der Waals surface area contributed by atoms with Gasteiger partial charge in [0.2, 0.25) is 0 Å². The molecule has 2 aromatic rings. The van der Waals surface area contributed by atoms with Crippen LogP contribution in [-0.2, 0) is 4.79 Å². The molecule has 1 aliphatic carbocycles. The van der Waals surface area contributed by atoms with Crippen molar-refractivity contribution in [3.8, 4) is 0 Å². The molecule has 2 saturated heterocycles. The number of urea groups is 1. The second kappa shape index (κ2) is 9.35. The minimum Gasteiger partial charge on any atom is -1.00 e. The molecule has 8 nitrogen and oxygen atoms in total. The molecule has 3 fully saturated rings. The molecule has 3 heterocycles. The molecule has 0 spiro atoms. The van der Waals surface area contributed by atoms with Crippen LogP contribution < -0.4 is 43.9 Å². The van der Waals surface area contributed by atoms with Crippen molar-refractivity contribution < 1.29 is 27.3 Å². The number of carbonyl (C=O) groups is 2. The van der Waals surface area contributed by atoms with Gasteiger partial charge in [0.1, 0.15) is 6.04 Å². The number of anilines is 2. The first-order chi connectivity index (χ1) is 16.1. The first-order valence-electron chi connectivity index (χ1n) is 11.3. The number of fused-ring (bicyclic) bond motifs is 4. The predicted molar refractivity (Wildman–Crippen MR) is 129 cm³/mol. The molecule has 4 aliphatic rings. The highest BCUT2D eigenvalue weighted by molar-refractivity contribution is 7.99. The third-order valence-electron chi connectivity index (χ3n) is 6.89. The van der Waals surface area contributed by atoms with Crippen LogP contribution in [0.3, 0.4) is 0 Å². The topological polar surface area (TPSA) is 102 Å². The second-order valence-electron chi connectivity index (χ2n) is 8.93. The number of nitrogens with zero attached hydrogens (tertiary/aromatic N) is 1. The number of carbonyl (C=O) groups excluding carboxylic acids is 2. The first kappa shape index (κ1) is 23.4. The highest BCUT2D eigenvalue weighted by Gasteiger charge is 2.48. The van der Waals surface area contributed by atoms with Gasteiger partial charge in [0, 0.05) is 22.3 Å². The number of piperazine rings is 1. The Bertz CT molecular complexity index is 1100. The highest BCUT2D eigenvalue weighted by Crippen LogP contribution is 2.47. The molecule has 6 N–H and O–H groups in total. The van der Waals surface area contributed by atoms with E-state index in [0.717, 1.165) is 40.4 Å². The van der Waals surface area contributed by atoms with E-state index in [1.54, 1.807) is 16.7 Å². The lowest BCUT2D eigenvalue weighted by Gasteiger charge is -2.46. The zero-order valence-corrected chi connectivity index (χ0v) is 20.6. The molecular formula is C23H25ClN6O2S2. The van der Waals surface area contributed by atoms with Crippen molar-refractivity contribution in [3.05, 3.63) is 48.5 Å². The van der Waals surface area contributed by atoms with Gasteiger partial charge in [-0.1, -0.05) is 36.0 Å². The van der Waals surface area contributed by atoms with Crippen LogP contribution in [0.15, 0.2) is 58.3 Å². The van der Waals surface area contributed by atoms with Gasteiger partial charge in [-0.25, -0.2) is 4.79 Å². The van der Waals surface area contributed by atoms with E-state index in [9.17, 15) is 9.59 Å². The zero-order valence-electron chi connectivity index (χ0n) is 18.2. The largest absolute Gasteiger partial charge is 1.00 e. The molecule has 3 amide bonds. The molecule has 11 heteroatoms. The number of nitrogens with one attached hydrogen (secondary N) is 4. The number of hydrogen-bond donors (Lipinski definition) is 5. The van der Waals surface area contributed by atoms with Gasteiger partial charge in [0.25, 0.3) is 5.91 Å². The second-order valence-corrected chi connectivity index (χ2v) is 10.4. The van der Waals surface area contributed by atoms with Gasteiger partial charge in [0.15, 0.2) is 17.3 Å². The highest BCUT2D eigenvalue weighted by atomic mass is 35.5. The van der Waals surface area contributed by atoms with Gasteiger partial charge in [-0.3, -0.25) is 15.0 Å². The third kappa shape index (κ3) is 4.14. The van der Waals surface area contributed by atoms with E-state index in [1.807, 2.05) is 36.4 Å². The van der Waals surface area contributed by atoms with Crippen molar-refractivity contribution in [2.24, 2.45) is 0 Å². The molecular weight excluding hydrogens is 492 g/mol. The van der Waals surface area contributed by atoms with E-state index in [1.165, 1.54) is 0 Å². The molecule has 5 unspecified atom stereocenters. The van der Waals surface area contributed by atoms with E-state index in [0.29, 0.717) is 5.11 Å². The Morgan fingerprint density at radius 3 is 2.47 bits per heavy atom. The van der Waals surface area contributed by atoms with Crippen molar-refractivity contribution in [1.82, 2.24) is 21.3 Å². The van der Waals surface area contributed by atoms with Gasteiger partial charge >= 0.3 is 6.03 Å². The molecule has 2 aromatic carbocycles. The van der Waals surface area contributed by atoms with Crippen molar-refractivity contribution in [2.45, 2.75) is 59.4 Å². The number of nitrogens with two attached hydrogens (primary N) is 1. The van der Waals surface area contributed by atoms with Gasteiger partial charge in [-0.05, 0) is 49.3 Å². The van der Waals surface area contributed by atoms with Crippen molar-refractivity contribution in [2.75, 3.05) is 4.90 Å². The van der Waals surface area contributed by atoms with Crippen LogP contribution in [0.4, 0.5) is 16.2 Å². The van der Waals surface area contributed by atoms with E-state index >= 15 is 0 Å². The van der Waals surface area contributed by atoms with E-state index in [2.05, 4.69) is 38.7 Å². The number of halogens is 1. The molecule has 0 aromatic heterocycles. The maximum absolute atomic E-state index is 13.6. The summed E-state index contributed by atoms with van der Waals surface area (Å²) in [5.41, 5.74) is 1.82. The normalized spacial score (nSPS) is 29.2. The van der Waals surface area contributed by atoms with Crippen LogP contribution in [0.2, 0.25) is 0 Å². The van der Waals surface area contributed by atoms with Crippen LogP contribution >= 0.6 is 24.0 Å². The number of para-hydroxylation sites is 2. The summed E-state index contributed by atoms with van der Waals surface area (Å²) in [6.07, 6.45) is 2.47. The maximum atomic E-state index is 13.6. The minimum absolute atomic E-state index is 0. The monoisotopic (exact) mass is 516 g/mol. The van der Waals surface area contributed by atoms with E-state index < -0.39 is 0 Å². The first-order valence-corrected chi connectivity index (χ1v) is 12.5. The summed E-state index contributed by atoms with van der Waals surface area (Å²) in [5.74, 6) is -0.0748. The summed E-state index contributed by atoms with van der Waals surface area (Å²) in [6, 6.07) is 16.2. The van der Waals surface area contributed by atoms with Gasteiger partial charge in [-0.2, -0.15) is 0 Å². The van der Waals surface area contributed by atoms with Gasteiger partial charge in [-0.15, -0.1) is 0 Å². The van der Waals surface area contributed by atoms with Crippen molar-refractivity contribution in [3.63, 3.8) is 0 Å². The lowest BCUT2D eigenvalue weighted by molar-refractivity contribution is -0.738. The van der Waals surface area contributed by atoms with Crippen LogP contribution in [0.5, 0.6) is 0 Å². The molecule has 0 radical (unpaired) electrons. The maximum Gasteiger partial charge on any atom is 0.326 e. The number of quaternary nitrogens is 1. The molecule has 5 atom stereocenters. The average Bonchev–Trinajstić information content (AvgIpc) is 2.81. The number of amides is 3. The smallest absolute Gasteiger partial charge is 0.326 e. The Morgan fingerprint density at radius 1 is 1.09 bits per heavy atom. The van der Waals surface area contributed by atoms with Crippen LogP contribution in [0.1, 0.15) is 19.3 Å². The molecule has 3 aliphatic heterocycles. The average molecular weight is 517 g/mol. The minimum atomic E-state index is -0.303.